The fourth-order valence-corrected chi connectivity index (χ4v) is 5.93. The number of nitrogens with one attached hydrogen (secondary N) is 1. The molecule has 3 aliphatic rings. The summed E-state index contributed by atoms with van der Waals surface area (Å²) in [5.74, 6) is -1.55. The number of nitrogens with zero attached hydrogens (tertiary/aromatic N) is 1. The molecule has 19 nitrogen and oxygen atoms in total. The van der Waals surface area contributed by atoms with E-state index in [1.165, 1.54) is 0 Å². The summed E-state index contributed by atoms with van der Waals surface area (Å²) in [6, 6.07) is -2.98. The summed E-state index contributed by atoms with van der Waals surface area (Å²) < 4.78 is 23.6. The molecule has 1 aliphatic carbocycles. The molecule has 1 amide bonds. The van der Waals surface area contributed by atoms with Gasteiger partial charge in [-0.3, -0.25) is 10.0 Å². The van der Waals surface area contributed by atoms with Crippen LogP contribution in [0.1, 0.15) is 25.7 Å². The van der Waals surface area contributed by atoms with Crippen molar-refractivity contribution < 1.29 is 59.6 Å². The van der Waals surface area contributed by atoms with Crippen LogP contribution in [0.5, 0.6) is 0 Å². The van der Waals surface area contributed by atoms with Crippen LogP contribution in [0.15, 0.2) is 0 Å². The average Bonchev–Trinajstić information content (AvgIpc) is 2.99. The maximum Gasteiger partial charge on any atom is 0.246 e. The van der Waals surface area contributed by atoms with Gasteiger partial charge in [0.25, 0.3) is 0 Å². The Hall–Kier alpha value is -1.21. The molecule has 18 N–H and O–H groups in total. The topological polar surface area (TPSA) is 341 Å². The minimum Gasteiger partial charge on any atom is -0.394 e. The first-order valence-corrected chi connectivity index (χ1v) is 15.3. The van der Waals surface area contributed by atoms with Gasteiger partial charge < -0.3 is 83.6 Å². The smallest absolute Gasteiger partial charge is 0.246 e. The van der Waals surface area contributed by atoms with Crippen molar-refractivity contribution in [1.29, 1.82) is 0 Å². The zero-order valence-corrected chi connectivity index (χ0v) is 25.2. The molecule has 1 unspecified atom stereocenters. The van der Waals surface area contributed by atoms with Crippen LogP contribution in [0.2, 0.25) is 0 Å². The lowest BCUT2D eigenvalue weighted by Crippen LogP contribution is -2.66. The lowest BCUT2D eigenvalue weighted by molar-refractivity contribution is -0.320. The zero-order chi connectivity index (χ0) is 33.4. The van der Waals surface area contributed by atoms with E-state index in [2.05, 4.69) is 5.32 Å². The van der Waals surface area contributed by atoms with Crippen LogP contribution >= 0.6 is 0 Å². The molecule has 3 fully saturated rings. The molecule has 19 heteroatoms. The number of hydroxylamine groups is 2. The number of rotatable bonds is 15. The standard InChI is InChI=1S/C26H53N7O12/c27-2-1-12(35)8-32-9-16-15(36)7-14(30)25(42-16)45-24-13(29)5-11(6-18(37)33(41)4-3-28)23(22(24)40)44-26-21(39)19(31)20(38)17(10-34)43-26/h11-17,19-26,32,34-36,38-41H,1-10,27-31H2/t11-,12?,13-,14+,15-,16+,17+,19-,20+,21+,22+,23-,24+,25+,26+/m0/s1. The highest BCUT2D eigenvalue weighted by molar-refractivity contribution is 5.75. The third kappa shape index (κ3) is 9.90. The summed E-state index contributed by atoms with van der Waals surface area (Å²) in [5, 5.41) is 76.1. The van der Waals surface area contributed by atoms with Crippen molar-refractivity contribution in [3.63, 3.8) is 0 Å². The maximum atomic E-state index is 12.7. The largest absolute Gasteiger partial charge is 0.394 e. The number of carbonyl (C=O) groups is 1. The van der Waals surface area contributed by atoms with E-state index in [9.17, 15) is 40.6 Å². The first-order valence-electron chi connectivity index (χ1n) is 15.3. The third-order valence-electron chi connectivity index (χ3n) is 8.55. The van der Waals surface area contributed by atoms with Crippen molar-refractivity contribution in [1.82, 2.24) is 10.4 Å². The van der Waals surface area contributed by atoms with Gasteiger partial charge in [-0.2, -0.15) is 0 Å². The number of carbonyl (C=O) groups excluding carboxylic acids is 1. The number of aliphatic hydroxyl groups is 6. The van der Waals surface area contributed by atoms with Crippen molar-refractivity contribution in [2.45, 2.75) is 111 Å². The minimum atomic E-state index is -1.58. The summed E-state index contributed by atoms with van der Waals surface area (Å²) in [5.41, 5.74) is 29.5. The number of ether oxygens (including phenoxy) is 4. The first-order chi connectivity index (χ1) is 21.3. The van der Waals surface area contributed by atoms with E-state index >= 15 is 0 Å². The molecule has 0 aromatic rings. The van der Waals surface area contributed by atoms with Crippen LogP contribution in [0.25, 0.3) is 0 Å². The van der Waals surface area contributed by atoms with E-state index in [4.69, 9.17) is 47.6 Å². The first kappa shape index (κ1) is 38.2. The zero-order valence-electron chi connectivity index (χ0n) is 25.2. The number of hydrogen-bond acceptors (Lipinski definition) is 18. The monoisotopic (exact) mass is 655 g/mol. The highest BCUT2D eigenvalue weighted by Gasteiger charge is 2.51. The van der Waals surface area contributed by atoms with Gasteiger partial charge in [0.1, 0.15) is 30.5 Å². The normalized spacial score (nSPS) is 41.5. The van der Waals surface area contributed by atoms with Crippen molar-refractivity contribution in [2.24, 2.45) is 34.6 Å². The Balaban J connectivity index is 1.77. The molecule has 2 saturated heterocycles. The minimum absolute atomic E-state index is 0.00308. The molecule has 264 valence electrons. The van der Waals surface area contributed by atoms with Gasteiger partial charge in [0, 0.05) is 32.1 Å². The molecule has 0 bridgehead atoms. The van der Waals surface area contributed by atoms with Crippen molar-refractivity contribution >= 4 is 5.91 Å². The summed E-state index contributed by atoms with van der Waals surface area (Å²) in [7, 11) is 0. The number of aliphatic hydroxyl groups excluding tert-OH is 6. The van der Waals surface area contributed by atoms with Gasteiger partial charge >= 0.3 is 0 Å². The van der Waals surface area contributed by atoms with E-state index in [1.807, 2.05) is 0 Å². The SMILES string of the molecule is NCCC(O)CNC[C@H]1O[C@H](O[C@H]2[C@H](O)[C@@H](O[C@H]3O[C@H](CO)[C@@H](O)[C@H](N)[C@H]3O)[C@H](CC(=O)N(O)CCN)C[C@@H]2N)[C@H](N)C[C@@H]1O. The van der Waals surface area contributed by atoms with E-state index < -0.39 is 104 Å². The van der Waals surface area contributed by atoms with Crippen molar-refractivity contribution in [2.75, 3.05) is 39.3 Å². The summed E-state index contributed by atoms with van der Waals surface area (Å²) in [6.45, 7) is -0.102. The van der Waals surface area contributed by atoms with Crippen LogP contribution < -0.4 is 34.0 Å². The van der Waals surface area contributed by atoms with Crippen molar-refractivity contribution in [3.05, 3.63) is 0 Å². The summed E-state index contributed by atoms with van der Waals surface area (Å²) in [4.78, 5) is 12.7. The van der Waals surface area contributed by atoms with Gasteiger partial charge in [-0.25, -0.2) is 5.06 Å². The quantitative estimate of drug-likeness (QED) is 0.0575. The Morgan fingerprint density at radius 1 is 0.911 bits per heavy atom. The number of hydrogen-bond donors (Lipinski definition) is 13. The second-order valence-corrected chi connectivity index (χ2v) is 12.0. The van der Waals surface area contributed by atoms with Gasteiger partial charge in [0.05, 0.1) is 49.7 Å². The van der Waals surface area contributed by atoms with Gasteiger partial charge in [0.2, 0.25) is 5.91 Å². The van der Waals surface area contributed by atoms with Crippen LogP contribution in [-0.4, -0.2) is 172 Å². The Kier molecular flexibility index (Phi) is 15.1. The molecular formula is C26H53N7O12. The summed E-state index contributed by atoms with van der Waals surface area (Å²) >= 11 is 0. The molecule has 45 heavy (non-hydrogen) atoms. The van der Waals surface area contributed by atoms with Gasteiger partial charge in [-0.1, -0.05) is 0 Å². The van der Waals surface area contributed by atoms with E-state index in [-0.39, 0.29) is 45.4 Å². The lowest BCUT2D eigenvalue weighted by Gasteiger charge is -2.48. The number of nitrogens with two attached hydrogens (primary N) is 5. The van der Waals surface area contributed by atoms with Gasteiger partial charge in [-0.05, 0) is 31.7 Å². The van der Waals surface area contributed by atoms with Gasteiger partial charge in [-0.15, -0.1) is 0 Å². The van der Waals surface area contributed by atoms with Crippen LogP contribution in [0.4, 0.5) is 0 Å². The van der Waals surface area contributed by atoms with E-state index in [1.54, 1.807) is 0 Å². The molecule has 0 spiro atoms. The fourth-order valence-electron chi connectivity index (χ4n) is 5.93. The van der Waals surface area contributed by atoms with E-state index in [0.717, 1.165) is 0 Å². The molecule has 1 saturated carbocycles. The Bertz CT molecular complexity index is 899. The van der Waals surface area contributed by atoms with Crippen LogP contribution in [-0.2, 0) is 23.7 Å². The average molecular weight is 656 g/mol. The molecule has 15 atom stereocenters. The molecule has 2 heterocycles. The Labute approximate surface area is 261 Å². The molecule has 0 aromatic heterocycles. The highest BCUT2D eigenvalue weighted by atomic mass is 16.7. The lowest BCUT2D eigenvalue weighted by atomic mass is 9.77. The summed E-state index contributed by atoms with van der Waals surface area (Å²) in [6.07, 6.45) is -13.1. The predicted molar refractivity (Wildman–Crippen MR) is 155 cm³/mol. The van der Waals surface area contributed by atoms with Crippen molar-refractivity contribution in [3.8, 4) is 0 Å². The predicted octanol–water partition coefficient (Wildman–Crippen LogP) is -7.10. The maximum absolute atomic E-state index is 12.7. The van der Waals surface area contributed by atoms with Crippen LogP contribution in [0.3, 0.4) is 0 Å². The highest BCUT2D eigenvalue weighted by Crippen LogP contribution is 2.36. The molecular weight excluding hydrogens is 602 g/mol. The molecule has 0 radical (unpaired) electrons. The van der Waals surface area contributed by atoms with E-state index in [0.29, 0.717) is 18.0 Å². The second-order valence-electron chi connectivity index (χ2n) is 12.0. The molecule has 2 aliphatic heterocycles. The molecule has 3 rings (SSSR count). The fraction of sp³-hybridized carbons (Fsp3) is 0.962. The van der Waals surface area contributed by atoms with Gasteiger partial charge in [0.15, 0.2) is 12.6 Å². The molecule has 0 aromatic carbocycles. The number of amides is 1. The Morgan fingerprint density at radius 3 is 2.22 bits per heavy atom. The third-order valence-corrected chi connectivity index (χ3v) is 8.55. The second kappa shape index (κ2) is 17.8. The van der Waals surface area contributed by atoms with Crippen LogP contribution in [0, 0.1) is 5.92 Å². The Morgan fingerprint density at radius 2 is 1.58 bits per heavy atom.